The number of hydrogen-bond acceptors (Lipinski definition) is 3. The number of hydrogen-bond donors (Lipinski definition) is 1. The first kappa shape index (κ1) is 17.6. The van der Waals surface area contributed by atoms with Crippen LogP contribution in [0.2, 0.25) is 0 Å². The number of rotatable bonds is 2. The Morgan fingerprint density at radius 3 is 2.74 bits per heavy atom. The van der Waals surface area contributed by atoms with Crippen LogP contribution in [0.5, 0.6) is 0 Å². The number of amides is 2. The zero-order valence-electron chi connectivity index (χ0n) is 16.1. The van der Waals surface area contributed by atoms with Crippen LogP contribution < -0.4 is 10.2 Å². The first-order valence-electron chi connectivity index (χ1n) is 9.52. The van der Waals surface area contributed by atoms with Gasteiger partial charge in [-0.2, -0.15) is 0 Å². The molecular weight excluding hydrogens is 338 g/mol. The van der Waals surface area contributed by atoms with Crippen LogP contribution in [0.1, 0.15) is 51.1 Å². The fourth-order valence-corrected chi connectivity index (χ4v) is 4.08. The van der Waals surface area contributed by atoms with Gasteiger partial charge in [0.05, 0.1) is 11.3 Å². The van der Waals surface area contributed by atoms with Gasteiger partial charge in [-0.25, -0.2) is 0 Å². The smallest absolute Gasteiger partial charge is 0.257 e. The number of anilines is 2. The molecule has 140 valence electrons. The molecule has 0 aromatic heterocycles. The number of piperidine rings is 1. The van der Waals surface area contributed by atoms with Crippen molar-refractivity contribution in [1.29, 1.82) is 0 Å². The monoisotopic (exact) mass is 363 g/mol. The lowest BCUT2D eigenvalue weighted by Gasteiger charge is -2.46. The maximum atomic E-state index is 12.8. The van der Waals surface area contributed by atoms with Crippen LogP contribution in [0.15, 0.2) is 36.4 Å². The maximum absolute atomic E-state index is 12.8. The Hall–Kier alpha value is -2.82. The van der Waals surface area contributed by atoms with E-state index in [1.54, 1.807) is 12.1 Å². The minimum Gasteiger partial charge on any atom is -0.354 e. The van der Waals surface area contributed by atoms with E-state index in [9.17, 15) is 9.59 Å². The molecule has 2 aromatic rings. The second-order valence-corrected chi connectivity index (χ2v) is 7.59. The van der Waals surface area contributed by atoms with Crippen molar-refractivity contribution in [2.75, 3.05) is 23.8 Å². The Balaban J connectivity index is 1.64. The van der Waals surface area contributed by atoms with Gasteiger partial charge in [-0.15, -0.1) is 0 Å². The quantitative estimate of drug-likeness (QED) is 0.879. The van der Waals surface area contributed by atoms with E-state index in [4.69, 9.17) is 0 Å². The van der Waals surface area contributed by atoms with Gasteiger partial charge in [-0.1, -0.05) is 12.1 Å². The summed E-state index contributed by atoms with van der Waals surface area (Å²) >= 11 is 0. The topological polar surface area (TPSA) is 52.7 Å². The molecule has 2 aliphatic rings. The highest BCUT2D eigenvalue weighted by Gasteiger charge is 2.37. The molecule has 0 bridgehead atoms. The van der Waals surface area contributed by atoms with Crippen molar-refractivity contribution in [1.82, 2.24) is 4.90 Å². The van der Waals surface area contributed by atoms with Crippen LogP contribution in [-0.2, 0) is 0 Å². The lowest BCUT2D eigenvalue weighted by molar-refractivity contribution is 0.0589. The molecule has 5 nitrogen and oxygen atoms in total. The predicted molar refractivity (Wildman–Crippen MR) is 107 cm³/mol. The highest BCUT2D eigenvalue weighted by molar-refractivity contribution is 6.08. The molecule has 0 radical (unpaired) electrons. The molecule has 5 heteroatoms. The summed E-state index contributed by atoms with van der Waals surface area (Å²) < 4.78 is 0. The first-order valence-corrected chi connectivity index (χ1v) is 9.52. The summed E-state index contributed by atoms with van der Waals surface area (Å²) in [5.74, 6) is -0.0762. The van der Waals surface area contributed by atoms with Crippen molar-refractivity contribution in [3.8, 4) is 0 Å². The molecule has 0 spiro atoms. The number of aryl methyl sites for hydroxylation is 2. The summed E-state index contributed by atoms with van der Waals surface area (Å²) in [5, 5.41) is 3.00. The molecule has 1 atom stereocenters. The van der Waals surface area contributed by atoms with Crippen LogP contribution in [0.4, 0.5) is 11.4 Å². The normalized spacial score (nSPS) is 18.8. The lowest BCUT2D eigenvalue weighted by Crippen LogP contribution is -2.55. The van der Waals surface area contributed by atoms with Gasteiger partial charge in [0, 0.05) is 24.8 Å². The van der Waals surface area contributed by atoms with Gasteiger partial charge in [-0.3, -0.25) is 9.59 Å². The Kier molecular flexibility index (Phi) is 4.38. The molecule has 1 saturated heterocycles. The first-order chi connectivity index (χ1) is 13.0. The molecule has 2 amide bonds. The Labute approximate surface area is 160 Å². The summed E-state index contributed by atoms with van der Waals surface area (Å²) in [7, 11) is 2.01. The SMILES string of the molecule is Cc1ccc(C)c(NC(=O)c2ccc3c(c2)N(C)C2CCCCN2C3=O)c1. The van der Waals surface area contributed by atoms with Crippen LogP contribution in [0.25, 0.3) is 0 Å². The van der Waals surface area contributed by atoms with E-state index < -0.39 is 0 Å². The number of nitrogens with one attached hydrogen (secondary N) is 1. The van der Waals surface area contributed by atoms with Gasteiger partial charge in [-0.05, 0) is 68.5 Å². The summed E-state index contributed by atoms with van der Waals surface area (Å²) in [6.07, 6.45) is 3.25. The van der Waals surface area contributed by atoms with Gasteiger partial charge < -0.3 is 15.1 Å². The molecular formula is C22H25N3O2. The fourth-order valence-electron chi connectivity index (χ4n) is 4.08. The molecule has 1 fully saturated rings. The van der Waals surface area contributed by atoms with Crippen molar-refractivity contribution in [2.45, 2.75) is 39.3 Å². The minimum atomic E-state index is -0.154. The number of carbonyl (C=O) groups excluding carboxylic acids is 2. The van der Waals surface area contributed by atoms with E-state index in [-0.39, 0.29) is 18.0 Å². The minimum absolute atomic E-state index is 0.0780. The number of benzene rings is 2. The van der Waals surface area contributed by atoms with Crippen molar-refractivity contribution in [2.24, 2.45) is 0 Å². The van der Waals surface area contributed by atoms with Crippen LogP contribution in [-0.4, -0.2) is 36.5 Å². The van der Waals surface area contributed by atoms with Crippen molar-refractivity contribution < 1.29 is 9.59 Å². The molecule has 27 heavy (non-hydrogen) atoms. The van der Waals surface area contributed by atoms with E-state index in [0.717, 1.165) is 48.3 Å². The van der Waals surface area contributed by atoms with Gasteiger partial charge >= 0.3 is 0 Å². The fraction of sp³-hybridized carbons (Fsp3) is 0.364. The van der Waals surface area contributed by atoms with E-state index in [2.05, 4.69) is 10.2 Å². The molecule has 2 heterocycles. The molecule has 4 rings (SSSR count). The second kappa shape index (κ2) is 6.72. The van der Waals surface area contributed by atoms with E-state index >= 15 is 0 Å². The average Bonchev–Trinajstić information content (AvgIpc) is 2.68. The Morgan fingerprint density at radius 1 is 1.11 bits per heavy atom. The van der Waals surface area contributed by atoms with E-state index in [1.165, 1.54) is 0 Å². The Bertz CT molecular complexity index is 922. The summed E-state index contributed by atoms with van der Waals surface area (Å²) in [4.78, 5) is 29.8. The van der Waals surface area contributed by atoms with Crippen molar-refractivity contribution in [3.05, 3.63) is 58.7 Å². The molecule has 2 aromatic carbocycles. The zero-order valence-corrected chi connectivity index (χ0v) is 16.1. The number of nitrogens with zero attached hydrogens (tertiary/aromatic N) is 2. The lowest BCUT2D eigenvalue weighted by atomic mass is 9.97. The summed E-state index contributed by atoms with van der Waals surface area (Å²) in [6.45, 7) is 4.79. The third-order valence-electron chi connectivity index (χ3n) is 5.69. The van der Waals surface area contributed by atoms with Crippen molar-refractivity contribution >= 4 is 23.2 Å². The predicted octanol–water partition coefficient (Wildman–Crippen LogP) is 3.96. The summed E-state index contributed by atoms with van der Waals surface area (Å²) in [6, 6.07) is 11.4. The second-order valence-electron chi connectivity index (χ2n) is 7.59. The van der Waals surface area contributed by atoms with Gasteiger partial charge in [0.15, 0.2) is 0 Å². The molecule has 0 saturated carbocycles. The number of carbonyl (C=O) groups is 2. The maximum Gasteiger partial charge on any atom is 0.257 e. The van der Waals surface area contributed by atoms with Crippen LogP contribution >= 0.6 is 0 Å². The molecule has 2 aliphatic heterocycles. The molecule has 1 N–H and O–H groups in total. The highest BCUT2D eigenvalue weighted by atomic mass is 16.2. The van der Waals surface area contributed by atoms with Gasteiger partial charge in [0.2, 0.25) is 0 Å². The standard InChI is InChI=1S/C22H25N3O2/c1-14-7-8-15(2)18(12-14)23-21(26)16-9-10-17-19(13-16)24(3)20-6-4-5-11-25(20)22(17)27/h7-10,12-13,20H,4-6,11H2,1-3H3,(H,23,26). The largest absolute Gasteiger partial charge is 0.354 e. The van der Waals surface area contributed by atoms with Crippen molar-refractivity contribution in [3.63, 3.8) is 0 Å². The van der Waals surface area contributed by atoms with Gasteiger partial charge in [0.1, 0.15) is 6.17 Å². The van der Waals surface area contributed by atoms with E-state index in [0.29, 0.717) is 11.1 Å². The third kappa shape index (κ3) is 3.07. The summed E-state index contributed by atoms with van der Waals surface area (Å²) in [5.41, 5.74) is 5.04. The Morgan fingerprint density at radius 2 is 1.93 bits per heavy atom. The highest BCUT2D eigenvalue weighted by Crippen LogP contribution is 2.35. The zero-order chi connectivity index (χ0) is 19.1. The molecule has 1 unspecified atom stereocenters. The molecule has 0 aliphatic carbocycles. The van der Waals surface area contributed by atoms with Crippen LogP contribution in [0, 0.1) is 13.8 Å². The van der Waals surface area contributed by atoms with Crippen LogP contribution in [0.3, 0.4) is 0 Å². The average molecular weight is 363 g/mol. The third-order valence-corrected chi connectivity index (χ3v) is 5.69. The van der Waals surface area contributed by atoms with Gasteiger partial charge in [0.25, 0.3) is 11.8 Å². The van der Waals surface area contributed by atoms with E-state index in [1.807, 2.05) is 50.1 Å². The number of fused-ring (bicyclic) bond motifs is 2.